The number of phenols is 2. The maximum Gasteiger partial charge on any atom is 0.197 e. The van der Waals surface area contributed by atoms with E-state index in [-0.39, 0.29) is 33.6 Å². The molecule has 1 aromatic heterocycles. The number of benzene rings is 2. The van der Waals surface area contributed by atoms with Gasteiger partial charge in [0.2, 0.25) is 0 Å². The van der Waals surface area contributed by atoms with Crippen LogP contribution in [-0.2, 0) is 0 Å². The van der Waals surface area contributed by atoms with Crippen LogP contribution in [0.2, 0.25) is 0 Å². The zero-order valence-corrected chi connectivity index (χ0v) is 13.0. The van der Waals surface area contributed by atoms with Crippen LogP contribution in [0.3, 0.4) is 0 Å². The molecule has 0 spiro atoms. The van der Waals surface area contributed by atoms with Crippen molar-refractivity contribution in [2.45, 2.75) is 13.8 Å². The minimum absolute atomic E-state index is 0.0895. The Bertz CT molecular complexity index is 969. The molecule has 5 nitrogen and oxygen atoms in total. The number of ether oxygens (including phenoxy) is 1. The van der Waals surface area contributed by atoms with Crippen molar-refractivity contribution in [3.8, 4) is 28.6 Å². The van der Waals surface area contributed by atoms with Gasteiger partial charge in [0.05, 0.1) is 7.11 Å². The third-order valence-electron chi connectivity index (χ3n) is 3.82. The lowest BCUT2D eigenvalue weighted by molar-refractivity contribution is 0.373. The van der Waals surface area contributed by atoms with Gasteiger partial charge in [0.15, 0.2) is 16.9 Å². The molecule has 3 aromatic rings. The minimum Gasteiger partial charge on any atom is -0.508 e. The van der Waals surface area contributed by atoms with Crippen molar-refractivity contribution < 1.29 is 19.4 Å². The molecular weight excluding hydrogens is 296 g/mol. The van der Waals surface area contributed by atoms with Crippen molar-refractivity contribution in [3.05, 3.63) is 51.7 Å². The fourth-order valence-corrected chi connectivity index (χ4v) is 2.62. The largest absolute Gasteiger partial charge is 0.508 e. The summed E-state index contributed by atoms with van der Waals surface area (Å²) in [6, 6.07) is 7.93. The fourth-order valence-electron chi connectivity index (χ4n) is 2.62. The third kappa shape index (κ3) is 2.40. The molecule has 0 aliphatic carbocycles. The molecule has 0 atom stereocenters. The van der Waals surface area contributed by atoms with E-state index >= 15 is 0 Å². The first-order valence-corrected chi connectivity index (χ1v) is 7.06. The summed E-state index contributed by atoms with van der Waals surface area (Å²) in [5.41, 5.74) is 1.95. The number of phenolic OH excluding ortho intramolecular Hbond substituents is 2. The number of hydrogen-bond acceptors (Lipinski definition) is 5. The van der Waals surface area contributed by atoms with Crippen LogP contribution in [0.5, 0.6) is 17.2 Å². The van der Waals surface area contributed by atoms with E-state index in [0.717, 1.165) is 0 Å². The van der Waals surface area contributed by atoms with E-state index in [4.69, 9.17) is 9.15 Å². The maximum absolute atomic E-state index is 12.4. The van der Waals surface area contributed by atoms with E-state index in [2.05, 4.69) is 0 Å². The molecule has 0 saturated carbocycles. The number of rotatable bonds is 2. The SMILES string of the molecule is COc1c(C)cc2oc(-c3ccc(O)c(C)c3)cc(=O)c2c1O. The molecule has 0 unspecified atom stereocenters. The van der Waals surface area contributed by atoms with Crippen molar-refractivity contribution in [2.75, 3.05) is 7.11 Å². The van der Waals surface area contributed by atoms with Crippen LogP contribution in [0.15, 0.2) is 39.5 Å². The molecule has 0 saturated heterocycles. The van der Waals surface area contributed by atoms with Gasteiger partial charge in [0.1, 0.15) is 22.5 Å². The van der Waals surface area contributed by atoms with E-state index in [0.29, 0.717) is 22.5 Å². The average Bonchev–Trinajstić information content (AvgIpc) is 2.49. The molecule has 0 radical (unpaired) electrons. The van der Waals surface area contributed by atoms with Crippen LogP contribution < -0.4 is 10.2 Å². The predicted octanol–water partition coefficient (Wildman–Crippen LogP) is 3.50. The first kappa shape index (κ1) is 15.0. The fraction of sp³-hybridized carbons (Fsp3) is 0.167. The van der Waals surface area contributed by atoms with Crippen molar-refractivity contribution in [3.63, 3.8) is 0 Å². The second-order valence-electron chi connectivity index (χ2n) is 5.42. The molecule has 23 heavy (non-hydrogen) atoms. The zero-order valence-electron chi connectivity index (χ0n) is 13.0. The first-order valence-electron chi connectivity index (χ1n) is 7.06. The van der Waals surface area contributed by atoms with Gasteiger partial charge in [-0.25, -0.2) is 0 Å². The van der Waals surface area contributed by atoms with E-state index in [9.17, 15) is 15.0 Å². The maximum atomic E-state index is 12.4. The van der Waals surface area contributed by atoms with Gasteiger partial charge >= 0.3 is 0 Å². The number of hydrogen-bond donors (Lipinski definition) is 2. The standard InChI is InChI=1S/C18H16O5/c1-9-6-11(4-5-12(9)19)14-8-13(20)16-15(23-14)7-10(2)18(22-3)17(16)21/h4-8,19,21H,1-3H3. The highest BCUT2D eigenvalue weighted by atomic mass is 16.5. The Hall–Kier alpha value is -2.95. The second kappa shape index (κ2) is 5.35. The van der Waals surface area contributed by atoms with Crippen LogP contribution in [0.4, 0.5) is 0 Å². The lowest BCUT2D eigenvalue weighted by atomic mass is 10.1. The monoisotopic (exact) mass is 312 g/mol. The lowest BCUT2D eigenvalue weighted by Crippen LogP contribution is -2.02. The van der Waals surface area contributed by atoms with Crippen LogP contribution in [0.1, 0.15) is 11.1 Å². The Labute approximate surface area is 132 Å². The van der Waals surface area contributed by atoms with Gasteiger partial charge in [-0.05, 0) is 49.2 Å². The second-order valence-corrected chi connectivity index (χ2v) is 5.42. The smallest absolute Gasteiger partial charge is 0.197 e. The van der Waals surface area contributed by atoms with E-state index in [1.165, 1.54) is 13.2 Å². The van der Waals surface area contributed by atoms with Crippen molar-refractivity contribution in [1.29, 1.82) is 0 Å². The number of methoxy groups -OCH3 is 1. The molecule has 0 fully saturated rings. The highest BCUT2D eigenvalue weighted by molar-refractivity contribution is 5.88. The molecule has 2 aromatic carbocycles. The summed E-state index contributed by atoms with van der Waals surface area (Å²) in [5.74, 6) is 0.590. The van der Waals surface area contributed by atoms with Gasteiger partial charge in [-0.2, -0.15) is 0 Å². The van der Waals surface area contributed by atoms with Gasteiger partial charge in [-0.15, -0.1) is 0 Å². The molecule has 0 aliphatic heterocycles. The summed E-state index contributed by atoms with van der Waals surface area (Å²) in [4.78, 5) is 12.4. The Balaban J connectivity index is 2.30. The van der Waals surface area contributed by atoms with Crippen molar-refractivity contribution >= 4 is 11.0 Å². The van der Waals surface area contributed by atoms with E-state index in [1.54, 1.807) is 38.1 Å². The zero-order chi connectivity index (χ0) is 16.7. The summed E-state index contributed by atoms with van der Waals surface area (Å²) < 4.78 is 10.9. The van der Waals surface area contributed by atoms with E-state index < -0.39 is 0 Å². The number of fused-ring (bicyclic) bond motifs is 1. The Morgan fingerprint density at radius 1 is 1.04 bits per heavy atom. The molecule has 0 amide bonds. The average molecular weight is 312 g/mol. The topological polar surface area (TPSA) is 79.9 Å². The van der Waals surface area contributed by atoms with Gasteiger partial charge in [0.25, 0.3) is 0 Å². The van der Waals surface area contributed by atoms with Crippen LogP contribution in [0, 0.1) is 13.8 Å². The lowest BCUT2D eigenvalue weighted by Gasteiger charge is -2.10. The predicted molar refractivity (Wildman–Crippen MR) is 87.3 cm³/mol. The normalized spacial score (nSPS) is 10.9. The molecule has 1 heterocycles. The van der Waals surface area contributed by atoms with Gasteiger partial charge in [-0.1, -0.05) is 0 Å². The quantitative estimate of drug-likeness (QED) is 0.757. The summed E-state index contributed by atoms with van der Waals surface area (Å²) in [7, 11) is 1.43. The minimum atomic E-state index is -0.359. The summed E-state index contributed by atoms with van der Waals surface area (Å²) in [6.45, 7) is 3.52. The Morgan fingerprint density at radius 2 is 1.78 bits per heavy atom. The highest BCUT2D eigenvalue weighted by Gasteiger charge is 2.17. The van der Waals surface area contributed by atoms with Crippen LogP contribution >= 0.6 is 0 Å². The molecule has 2 N–H and O–H groups in total. The molecular formula is C18H16O5. The summed E-state index contributed by atoms with van der Waals surface area (Å²) in [6.07, 6.45) is 0. The number of aryl methyl sites for hydroxylation is 2. The third-order valence-corrected chi connectivity index (χ3v) is 3.82. The van der Waals surface area contributed by atoms with Crippen molar-refractivity contribution in [1.82, 2.24) is 0 Å². The van der Waals surface area contributed by atoms with Gasteiger partial charge < -0.3 is 19.4 Å². The van der Waals surface area contributed by atoms with Gasteiger partial charge in [-0.3, -0.25) is 4.79 Å². The molecule has 3 rings (SSSR count). The highest BCUT2D eigenvalue weighted by Crippen LogP contribution is 2.37. The number of aromatic hydroxyl groups is 2. The van der Waals surface area contributed by atoms with Gasteiger partial charge in [0, 0.05) is 11.6 Å². The molecule has 0 bridgehead atoms. The van der Waals surface area contributed by atoms with Crippen molar-refractivity contribution in [2.24, 2.45) is 0 Å². The van der Waals surface area contributed by atoms with E-state index in [1.807, 2.05) is 0 Å². The van der Waals surface area contributed by atoms with Crippen LogP contribution in [0.25, 0.3) is 22.3 Å². The Morgan fingerprint density at radius 3 is 2.43 bits per heavy atom. The Kier molecular flexibility index (Phi) is 3.48. The van der Waals surface area contributed by atoms with Crippen LogP contribution in [-0.4, -0.2) is 17.3 Å². The summed E-state index contributed by atoms with van der Waals surface area (Å²) >= 11 is 0. The molecule has 0 aliphatic rings. The molecule has 5 heteroatoms. The summed E-state index contributed by atoms with van der Waals surface area (Å²) in [5, 5.41) is 19.9. The molecule has 118 valence electrons. The first-order chi connectivity index (χ1) is 10.9.